The minimum absolute atomic E-state index is 0.157. The Morgan fingerprint density at radius 2 is 2.00 bits per heavy atom. The molecule has 0 unspecified atom stereocenters. The van der Waals surface area contributed by atoms with Crippen LogP contribution in [0.2, 0.25) is 0 Å². The van der Waals surface area contributed by atoms with Gasteiger partial charge >= 0.3 is 5.63 Å². The first-order chi connectivity index (χ1) is 11.5. The van der Waals surface area contributed by atoms with Crippen molar-refractivity contribution >= 4 is 38.1 Å². The molecule has 0 atom stereocenters. The summed E-state index contributed by atoms with van der Waals surface area (Å²) in [6.45, 7) is 1.90. The molecular formula is C17H10BrN3O3. The number of pyridine rings is 1. The third-order valence-electron chi connectivity index (χ3n) is 3.67. The first-order valence-electron chi connectivity index (χ1n) is 7.12. The molecule has 4 rings (SSSR count). The largest absolute Gasteiger partial charge is 0.423 e. The Bertz CT molecular complexity index is 1230. The van der Waals surface area contributed by atoms with Crippen molar-refractivity contribution in [1.82, 2.24) is 15.0 Å². The fourth-order valence-electron chi connectivity index (χ4n) is 2.60. The summed E-state index contributed by atoms with van der Waals surface area (Å²) in [5, 5.41) is 0.653. The summed E-state index contributed by atoms with van der Waals surface area (Å²) in [6.07, 6.45) is 1.58. The number of H-pyrrole nitrogens is 1. The van der Waals surface area contributed by atoms with Crippen molar-refractivity contribution in [3.05, 3.63) is 67.3 Å². The van der Waals surface area contributed by atoms with E-state index in [1.165, 1.54) is 6.07 Å². The van der Waals surface area contributed by atoms with E-state index in [9.17, 15) is 9.59 Å². The highest BCUT2D eigenvalue weighted by Crippen LogP contribution is 2.25. The summed E-state index contributed by atoms with van der Waals surface area (Å²) in [5.74, 6) is 0. The molecule has 0 aliphatic carbocycles. The molecule has 24 heavy (non-hydrogen) atoms. The van der Waals surface area contributed by atoms with Gasteiger partial charge in [0.2, 0.25) is 0 Å². The number of nitrogens with zero attached hydrogens (tertiary/aromatic N) is 2. The topological polar surface area (TPSA) is 88.9 Å². The van der Waals surface area contributed by atoms with Gasteiger partial charge in [-0.1, -0.05) is 12.1 Å². The van der Waals surface area contributed by atoms with E-state index in [0.29, 0.717) is 27.7 Å². The van der Waals surface area contributed by atoms with Crippen molar-refractivity contribution in [1.29, 1.82) is 0 Å². The Morgan fingerprint density at radius 3 is 2.83 bits per heavy atom. The molecule has 1 N–H and O–H groups in total. The average Bonchev–Trinajstić information content (AvgIpc) is 2.53. The molecule has 118 valence electrons. The van der Waals surface area contributed by atoms with E-state index in [0.717, 1.165) is 10.0 Å². The number of rotatable bonds is 1. The lowest BCUT2D eigenvalue weighted by Crippen LogP contribution is -2.13. The van der Waals surface area contributed by atoms with Crippen LogP contribution >= 0.6 is 15.9 Å². The SMILES string of the molecule is Cc1ccc2c(-c3nc4cc(Br)cnc4[nH]c3=O)cc(=O)oc2c1. The highest BCUT2D eigenvalue weighted by Gasteiger charge is 2.14. The average molecular weight is 384 g/mol. The molecule has 0 saturated carbocycles. The zero-order chi connectivity index (χ0) is 16.8. The van der Waals surface area contributed by atoms with Gasteiger partial charge in [-0.3, -0.25) is 4.79 Å². The van der Waals surface area contributed by atoms with Gasteiger partial charge in [0.05, 0.1) is 0 Å². The third kappa shape index (κ3) is 2.43. The second-order valence-electron chi connectivity index (χ2n) is 5.41. The Morgan fingerprint density at radius 1 is 1.17 bits per heavy atom. The van der Waals surface area contributed by atoms with Crippen molar-refractivity contribution in [3.8, 4) is 11.3 Å². The number of aromatic nitrogens is 3. The molecule has 0 fully saturated rings. The minimum atomic E-state index is -0.531. The van der Waals surface area contributed by atoms with Gasteiger partial charge in [0.25, 0.3) is 5.56 Å². The molecule has 3 aromatic heterocycles. The van der Waals surface area contributed by atoms with E-state index in [-0.39, 0.29) is 5.69 Å². The molecule has 0 bridgehead atoms. The van der Waals surface area contributed by atoms with Crippen molar-refractivity contribution in [3.63, 3.8) is 0 Å². The Kier molecular flexibility index (Phi) is 3.31. The fraction of sp³-hybridized carbons (Fsp3) is 0.0588. The molecule has 0 radical (unpaired) electrons. The van der Waals surface area contributed by atoms with Crippen LogP contribution in [0, 0.1) is 6.92 Å². The van der Waals surface area contributed by atoms with Crippen molar-refractivity contribution in [2.24, 2.45) is 0 Å². The number of benzene rings is 1. The zero-order valence-corrected chi connectivity index (χ0v) is 14.0. The molecule has 0 saturated heterocycles. The molecular weight excluding hydrogens is 374 g/mol. The van der Waals surface area contributed by atoms with Crippen LogP contribution in [0.4, 0.5) is 0 Å². The van der Waals surface area contributed by atoms with Gasteiger partial charge in [0.15, 0.2) is 5.65 Å². The fourth-order valence-corrected chi connectivity index (χ4v) is 2.92. The predicted octanol–water partition coefficient (Wildman–Crippen LogP) is 3.16. The Labute approximate surface area is 143 Å². The van der Waals surface area contributed by atoms with Crippen molar-refractivity contribution in [2.75, 3.05) is 0 Å². The highest BCUT2D eigenvalue weighted by molar-refractivity contribution is 9.10. The lowest BCUT2D eigenvalue weighted by molar-refractivity contribution is 0.561. The number of aromatic amines is 1. The summed E-state index contributed by atoms with van der Waals surface area (Å²) >= 11 is 3.33. The Balaban J connectivity index is 2.11. The van der Waals surface area contributed by atoms with E-state index in [4.69, 9.17) is 4.42 Å². The minimum Gasteiger partial charge on any atom is -0.423 e. The smallest absolute Gasteiger partial charge is 0.336 e. The quantitative estimate of drug-likeness (QED) is 0.510. The maximum Gasteiger partial charge on any atom is 0.336 e. The van der Waals surface area contributed by atoms with E-state index in [1.54, 1.807) is 18.3 Å². The van der Waals surface area contributed by atoms with Crippen LogP contribution < -0.4 is 11.2 Å². The van der Waals surface area contributed by atoms with Gasteiger partial charge in [-0.15, -0.1) is 0 Å². The predicted molar refractivity (Wildman–Crippen MR) is 94.1 cm³/mol. The zero-order valence-electron chi connectivity index (χ0n) is 12.5. The number of fused-ring (bicyclic) bond motifs is 2. The summed E-state index contributed by atoms with van der Waals surface area (Å²) in [6, 6.07) is 8.49. The van der Waals surface area contributed by atoms with Gasteiger partial charge in [-0.2, -0.15) is 0 Å². The molecule has 7 heteroatoms. The third-order valence-corrected chi connectivity index (χ3v) is 4.10. The number of hydrogen-bond donors (Lipinski definition) is 1. The molecule has 6 nitrogen and oxygen atoms in total. The monoisotopic (exact) mass is 383 g/mol. The van der Waals surface area contributed by atoms with Crippen LogP contribution in [0.5, 0.6) is 0 Å². The lowest BCUT2D eigenvalue weighted by Gasteiger charge is -2.06. The van der Waals surface area contributed by atoms with Crippen LogP contribution in [-0.2, 0) is 0 Å². The normalized spacial score (nSPS) is 11.2. The molecule has 3 heterocycles. The van der Waals surface area contributed by atoms with Gasteiger partial charge < -0.3 is 9.40 Å². The number of aryl methyl sites for hydroxylation is 1. The maximum atomic E-state index is 12.4. The molecule has 0 aliphatic rings. The van der Waals surface area contributed by atoms with E-state index >= 15 is 0 Å². The number of nitrogens with one attached hydrogen (secondary N) is 1. The first-order valence-corrected chi connectivity index (χ1v) is 7.91. The standard InChI is InChI=1S/C17H10BrN3O3/c1-8-2-3-10-11(6-14(22)24-13(10)4-8)15-17(23)21-16-12(20-15)5-9(18)7-19-16/h2-7H,1H3,(H,19,21,23). The lowest BCUT2D eigenvalue weighted by atomic mass is 10.1. The van der Waals surface area contributed by atoms with Crippen LogP contribution in [0.15, 0.2) is 55.0 Å². The van der Waals surface area contributed by atoms with Crippen LogP contribution in [0.1, 0.15) is 5.56 Å². The van der Waals surface area contributed by atoms with Gasteiger partial charge in [0.1, 0.15) is 16.8 Å². The maximum absolute atomic E-state index is 12.4. The van der Waals surface area contributed by atoms with E-state index < -0.39 is 11.2 Å². The molecule has 0 aliphatic heterocycles. The van der Waals surface area contributed by atoms with Gasteiger partial charge in [-0.25, -0.2) is 14.8 Å². The van der Waals surface area contributed by atoms with E-state index in [1.807, 2.05) is 19.1 Å². The Hall–Kier alpha value is -2.80. The molecule has 0 amide bonds. The summed E-state index contributed by atoms with van der Waals surface area (Å²) in [7, 11) is 0. The van der Waals surface area contributed by atoms with Crippen LogP contribution in [0.3, 0.4) is 0 Å². The summed E-state index contributed by atoms with van der Waals surface area (Å²) < 4.78 is 5.98. The summed E-state index contributed by atoms with van der Waals surface area (Å²) in [5.41, 5.74) is 1.93. The second-order valence-corrected chi connectivity index (χ2v) is 6.33. The number of hydrogen-bond acceptors (Lipinski definition) is 5. The van der Waals surface area contributed by atoms with Crippen LogP contribution in [0.25, 0.3) is 33.4 Å². The van der Waals surface area contributed by atoms with Gasteiger partial charge in [-0.05, 0) is 40.5 Å². The number of halogens is 1. The van der Waals surface area contributed by atoms with Gasteiger partial charge in [0, 0.05) is 27.7 Å². The highest BCUT2D eigenvalue weighted by atomic mass is 79.9. The second kappa shape index (κ2) is 5.38. The van der Waals surface area contributed by atoms with Crippen molar-refractivity contribution in [2.45, 2.75) is 6.92 Å². The van der Waals surface area contributed by atoms with Crippen LogP contribution in [-0.4, -0.2) is 15.0 Å². The van der Waals surface area contributed by atoms with Crippen molar-refractivity contribution < 1.29 is 4.42 Å². The first kappa shape index (κ1) is 14.8. The molecule has 1 aromatic carbocycles. The van der Waals surface area contributed by atoms with E-state index in [2.05, 4.69) is 30.9 Å². The molecule has 4 aromatic rings. The molecule has 0 spiro atoms. The summed E-state index contributed by atoms with van der Waals surface area (Å²) in [4.78, 5) is 35.6.